The van der Waals surface area contributed by atoms with Gasteiger partial charge in [-0.2, -0.15) is 13.2 Å². The Morgan fingerprint density at radius 1 is 0.932 bits per heavy atom. The molecule has 4 fully saturated rings. The fourth-order valence-corrected chi connectivity index (χ4v) is 8.22. The van der Waals surface area contributed by atoms with Crippen molar-refractivity contribution < 1.29 is 45.1 Å². The number of hydroxylamine groups is 1. The maximum Gasteiger partial charge on any atom is 0.493 e. The summed E-state index contributed by atoms with van der Waals surface area (Å²) in [6, 6.07) is 7.66. The number of nitrogens with zero attached hydrogens (tertiary/aromatic N) is 2. The predicted molar refractivity (Wildman–Crippen MR) is 151 cm³/mol. The lowest BCUT2D eigenvalue weighted by atomic mass is 9.95. The van der Waals surface area contributed by atoms with Crippen LogP contribution in [0.4, 0.5) is 17.6 Å². The quantitative estimate of drug-likeness (QED) is 0.231. The van der Waals surface area contributed by atoms with Crippen molar-refractivity contribution in [1.29, 1.82) is 0 Å². The van der Waals surface area contributed by atoms with Crippen molar-refractivity contribution in [3.8, 4) is 5.75 Å². The highest BCUT2D eigenvalue weighted by molar-refractivity contribution is 7.90. The number of carbonyl (C=O) groups is 2. The number of amides is 1. The largest absolute Gasteiger partial charge is 0.493 e. The van der Waals surface area contributed by atoms with Crippen LogP contribution in [0.15, 0.2) is 30.3 Å². The number of sulfonamides is 1. The van der Waals surface area contributed by atoms with E-state index in [4.69, 9.17) is 27.9 Å². The summed E-state index contributed by atoms with van der Waals surface area (Å²) >= 11 is 12.2. The molecular weight excluding hydrogens is 651 g/mol. The van der Waals surface area contributed by atoms with E-state index in [1.165, 1.54) is 6.07 Å². The molecule has 15 heteroatoms. The summed E-state index contributed by atoms with van der Waals surface area (Å²) < 4.78 is 85.6. The van der Waals surface area contributed by atoms with E-state index in [-0.39, 0.29) is 36.9 Å². The van der Waals surface area contributed by atoms with Crippen LogP contribution in [0.2, 0.25) is 10.0 Å². The first-order valence-corrected chi connectivity index (χ1v) is 16.5. The van der Waals surface area contributed by atoms with Crippen molar-refractivity contribution in [2.45, 2.75) is 93.4 Å². The third-order valence-electron chi connectivity index (χ3n) is 8.55. The lowest BCUT2D eigenvalue weighted by Gasteiger charge is -2.39. The first kappa shape index (κ1) is 31.4. The van der Waals surface area contributed by atoms with Gasteiger partial charge in [0.05, 0.1) is 10.8 Å². The molecule has 2 unspecified atom stereocenters. The molecule has 6 rings (SSSR count). The lowest BCUT2D eigenvalue weighted by Crippen LogP contribution is -2.46. The first-order valence-electron chi connectivity index (χ1n) is 14.3. The minimum Gasteiger partial charge on any atom is -0.490 e. The molecule has 4 aliphatic rings. The van der Waals surface area contributed by atoms with Crippen LogP contribution < -0.4 is 4.74 Å². The highest BCUT2D eigenvalue weighted by Gasteiger charge is 2.50. The zero-order chi connectivity index (χ0) is 31.6. The Morgan fingerprint density at radius 2 is 1.55 bits per heavy atom. The molecule has 2 aliphatic heterocycles. The summed E-state index contributed by atoms with van der Waals surface area (Å²) in [5, 5.41) is -0.261. The second-order valence-electron chi connectivity index (χ2n) is 11.8. The van der Waals surface area contributed by atoms with Crippen molar-refractivity contribution >= 4 is 45.1 Å². The Kier molecular flexibility index (Phi) is 8.30. The van der Waals surface area contributed by atoms with E-state index < -0.39 is 49.2 Å². The Morgan fingerprint density at radius 3 is 2.09 bits per heavy atom. The predicted octanol–water partition coefficient (Wildman–Crippen LogP) is 6.54. The number of ether oxygens (including phenoxy) is 1. The number of hydrogen-bond donors (Lipinski definition) is 0. The van der Waals surface area contributed by atoms with Gasteiger partial charge in [-0.1, -0.05) is 27.7 Å². The number of alkyl halides is 3. The molecule has 2 aromatic rings. The fraction of sp³-hybridized carbons (Fsp3) is 0.517. The van der Waals surface area contributed by atoms with E-state index in [0.717, 1.165) is 44.6 Å². The van der Waals surface area contributed by atoms with Crippen LogP contribution >= 0.6 is 23.2 Å². The van der Waals surface area contributed by atoms with Gasteiger partial charge in [0.2, 0.25) is 0 Å². The van der Waals surface area contributed by atoms with E-state index in [1.54, 1.807) is 18.2 Å². The summed E-state index contributed by atoms with van der Waals surface area (Å²) in [6.07, 6.45) is -0.727. The monoisotopic (exact) mass is 678 g/mol. The van der Waals surface area contributed by atoms with Crippen LogP contribution in [0.5, 0.6) is 5.75 Å². The molecule has 2 heterocycles. The second-order valence-corrected chi connectivity index (χ2v) is 14.7. The summed E-state index contributed by atoms with van der Waals surface area (Å²) in [6.45, 7) is 0.370. The maximum absolute atomic E-state index is 15.6. The van der Waals surface area contributed by atoms with Gasteiger partial charge in [0, 0.05) is 28.7 Å². The van der Waals surface area contributed by atoms with Crippen molar-refractivity contribution in [1.82, 2.24) is 9.37 Å². The van der Waals surface area contributed by atoms with Gasteiger partial charge in [-0.3, -0.25) is 9.69 Å². The normalized spacial score (nSPS) is 23.8. The molecular formula is C29H28Cl2F4N2O6S. The van der Waals surface area contributed by atoms with Crippen molar-refractivity contribution in [2.75, 3.05) is 0 Å². The van der Waals surface area contributed by atoms with Gasteiger partial charge in [-0.15, -0.1) is 0 Å². The van der Waals surface area contributed by atoms with Crippen molar-refractivity contribution in [2.24, 2.45) is 0 Å². The molecule has 44 heavy (non-hydrogen) atoms. The smallest absolute Gasteiger partial charge is 0.490 e. The average molecular weight is 680 g/mol. The molecule has 2 aromatic carbocycles. The van der Waals surface area contributed by atoms with Crippen LogP contribution in [0.1, 0.15) is 78.8 Å². The van der Waals surface area contributed by atoms with Crippen molar-refractivity contribution in [3.05, 3.63) is 62.9 Å². The molecule has 238 valence electrons. The molecule has 2 saturated heterocycles. The molecule has 0 radical (unpaired) electrons. The van der Waals surface area contributed by atoms with Crippen LogP contribution in [0, 0.1) is 5.82 Å². The summed E-state index contributed by atoms with van der Waals surface area (Å²) in [5.41, 5.74) is 0.459. The third kappa shape index (κ3) is 6.52. The van der Waals surface area contributed by atoms with Gasteiger partial charge in [0.15, 0.2) is 0 Å². The van der Waals surface area contributed by atoms with Crippen molar-refractivity contribution in [3.63, 3.8) is 0 Å². The standard InChI is InChI=1S/C29H28Cl2F4N2O6S/c30-17-8-18(31)10-21(9-17)42-22-11-19-3-4-20(12-22)36(19)14-16-7-26(32)25(13-24(16)15-1-2-15)27(38)37(43-28(39)29(33,34)35)44(40,41)23-5-6-23/h7-10,13,15,19-20,22-23H,1-6,11-12,14H2. The van der Waals surface area contributed by atoms with E-state index in [9.17, 15) is 31.2 Å². The molecule has 0 N–H and O–H groups in total. The van der Waals surface area contributed by atoms with E-state index in [2.05, 4.69) is 9.74 Å². The maximum atomic E-state index is 15.6. The van der Waals surface area contributed by atoms with Gasteiger partial charge >= 0.3 is 18.1 Å². The topological polar surface area (TPSA) is 93.2 Å². The van der Waals surface area contributed by atoms with Crippen LogP contribution in [-0.2, 0) is 26.2 Å². The summed E-state index contributed by atoms with van der Waals surface area (Å²) in [7, 11) is -4.80. The number of fused-ring (bicyclic) bond motifs is 2. The van der Waals surface area contributed by atoms with E-state index >= 15 is 4.39 Å². The zero-order valence-corrected chi connectivity index (χ0v) is 25.5. The highest BCUT2D eigenvalue weighted by atomic mass is 35.5. The number of piperidine rings is 1. The van der Waals surface area contributed by atoms with Gasteiger partial charge in [0.25, 0.3) is 10.0 Å². The number of carbonyl (C=O) groups excluding carboxylic acids is 2. The lowest BCUT2D eigenvalue weighted by molar-refractivity contribution is -0.217. The Bertz CT molecular complexity index is 1560. The fourth-order valence-electron chi connectivity index (χ4n) is 6.21. The van der Waals surface area contributed by atoms with Crippen LogP contribution in [0.3, 0.4) is 0 Å². The van der Waals surface area contributed by atoms with Gasteiger partial charge in [-0.25, -0.2) is 17.6 Å². The van der Waals surface area contributed by atoms with Gasteiger partial charge in [0.1, 0.15) is 17.7 Å². The molecule has 2 atom stereocenters. The Balaban J connectivity index is 1.23. The van der Waals surface area contributed by atoms with Gasteiger partial charge < -0.3 is 9.57 Å². The number of halogens is 6. The molecule has 0 aromatic heterocycles. The molecule has 2 saturated carbocycles. The van der Waals surface area contributed by atoms with Crippen LogP contribution in [-0.4, -0.2) is 59.3 Å². The summed E-state index contributed by atoms with van der Waals surface area (Å²) in [5.74, 6) is -5.13. The molecule has 2 bridgehead atoms. The minimum atomic E-state index is -5.57. The zero-order valence-electron chi connectivity index (χ0n) is 23.2. The molecule has 1 amide bonds. The SMILES string of the molecule is O=C(c1cc(C2CC2)c(CN2C3CCC2CC(Oc2cc(Cl)cc(Cl)c2)C3)cc1F)N(OC(=O)C(F)(F)F)S(=O)(=O)C1CC1. The third-order valence-corrected chi connectivity index (χ3v) is 11.0. The number of rotatable bonds is 8. The van der Waals surface area contributed by atoms with E-state index in [0.29, 0.717) is 33.5 Å². The Hall–Kier alpha value is -2.61. The van der Waals surface area contributed by atoms with Crippen LogP contribution in [0.25, 0.3) is 0 Å². The number of benzene rings is 2. The Labute approximate surface area is 261 Å². The number of hydrogen-bond acceptors (Lipinski definition) is 7. The molecule has 0 spiro atoms. The second kappa shape index (κ2) is 11.6. The van der Waals surface area contributed by atoms with Gasteiger partial charge in [-0.05, 0) is 98.7 Å². The highest BCUT2D eigenvalue weighted by Crippen LogP contribution is 2.45. The van der Waals surface area contributed by atoms with E-state index in [1.807, 2.05) is 0 Å². The first-order chi connectivity index (χ1) is 20.7. The molecule has 2 aliphatic carbocycles. The minimum absolute atomic E-state index is 0.0190. The summed E-state index contributed by atoms with van der Waals surface area (Å²) in [4.78, 5) is 31.1. The molecule has 8 nitrogen and oxygen atoms in total. The average Bonchev–Trinajstić information content (AvgIpc) is 3.83.